The third-order valence-corrected chi connectivity index (χ3v) is 5.66. The molecule has 0 unspecified atom stereocenters. The average Bonchev–Trinajstić information content (AvgIpc) is 3.16. The molecule has 5 nitrogen and oxygen atoms in total. The highest BCUT2D eigenvalue weighted by atomic mass is 35.5. The van der Waals surface area contributed by atoms with Crippen LogP contribution in [0.1, 0.15) is 42.6 Å². The Balaban J connectivity index is 1.43. The number of hydrogen-bond donors (Lipinski definition) is 2. The lowest BCUT2D eigenvalue weighted by Gasteiger charge is -2.20. The number of thiazole rings is 1. The van der Waals surface area contributed by atoms with Crippen molar-refractivity contribution in [1.29, 1.82) is 0 Å². The zero-order valence-electron chi connectivity index (χ0n) is 14.5. The summed E-state index contributed by atoms with van der Waals surface area (Å²) < 4.78 is 0. The fraction of sp³-hybridized carbons (Fsp3) is 0.421. The molecule has 1 aliphatic carbocycles. The SMILES string of the molecule is O=C(NCCNC(=O)C1CCCCC1)c1csc(-c2ccc(Cl)cc2)n1. The summed E-state index contributed by atoms with van der Waals surface area (Å²) >= 11 is 7.30. The molecule has 26 heavy (non-hydrogen) atoms. The van der Waals surface area contributed by atoms with Gasteiger partial charge in [-0.1, -0.05) is 43.0 Å². The van der Waals surface area contributed by atoms with Gasteiger partial charge in [0, 0.05) is 35.0 Å². The molecule has 7 heteroatoms. The van der Waals surface area contributed by atoms with Gasteiger partial charge in [-0.25, -0.2) is 4.98 Å². The van der Waals surface area contributed by atoms with Gasteiger partial charge in [0.15, 0.2) is 0 Å². The highest BCUT2D eigenvalue weighted by Crippen LogP contribution is 2.25. The first kappa shape index (κ1) is 18.9. The van der Waals surface area contributed by atoms with Gasteiger partial charge in [0.1, 0.15) is 10.7 Å². The topological polar surface area (TPSA) is 71.1 Å². The molecule has 0 bridgehead atoms. The Labute approximate surface area is 162 Å². The predicted molar refractivity (Wildman–Crippen MR) is 104 cm³/mol. The quantitative estimate of drug-likeness (QED) is 0.734. The van der Waals surface area contributed by atoms with E-state index in [0.717, 1.165) is 36.3 Å². The second kappa shape index (κ2) is 9.14. The van der Waals surface area contributed by atoms with E-state index < -0.39 is 0 Å². The summed E-state index contributed by atoms with van der Waals surface area (Å²) in [7, 11) is 0. The minimum atomic E-state index is -0.228. The number of halogens is 1. The molecule has 2 N–H and O–H groups in total. The van der Waals surface area contributed by atoms with Crippen molar-refractivity contribution >= 4 is 34.8 Å². The largest absolute Gasteiger partial charge is 0.354 e. The fourth-order valence-electron chi connectivity index (χ4n) is 3.06. The number of benzene rings is 1. The average molecular weight is 392 g/mol. The summed E-state index contributed by atoms with van der Waals surface area (Å²) in [6.07, 6.45) is 5.45. The van der Waals surface area contributed by atoms with Crippen molar-refractivity contribution < 1.29 is 9.59 Å². The van der Waals surface area contributed by atoms with Gasteiger partial charge in [-0.15, -0.1) is 11.3 Å². The molecule has 1 aliphatic rings. The van der Waals surface area contributed by atoms with Crippen molar-refractivity contribution in [3.63, 3.8) is 0 Å². The third kappa shape index (κ3) is 5.05. The smallest absolute Gasteiger partial charge is 0.270 e. The van der Waals surface area contributed by atoms with E-state index in [1.165, 1.54) is 17.8 Å². The van der Waals surface area contributed by atoms with Gasteiger partial charge in [0.2, 0.25) is 5.91 Å². The molecule has 138 valence electrons. The van der Waals surface area contributed by atoms with E-state index in [4.69, 9.17) is 11.6 Å². The number of nitrogens with zero attached hydrogens (tertiary/aromatic N) is 1. The summed E-state index contributed by atoms with van der Waals surface area (Å²) in [5.41, 5.74) is 1.32. The minimum absolute atomic E-state index is 0.109. The second-order valence-electron chi connectivity index (χ2n) is 6.43. The lowest BCUT2D eigenvalue weighted by molar-refractivity contribution is -0.125. The van der Waals surface area contributed by atoms with Gasteiger partial charge in [-0.2, -0.15) is 0 Å². The Hall–Kier alpha value is -1.92. The van der Waals surface area contributed by atoms with E-state index in [2.05, 4.69) is 15.6 Å². The molecule has 1 fully saturated rings. The van der Waals surface area contributed by atoms with Crippen LogP contribution in [0.25, 0.3) is 10.6 Å². The summed E-state index contributed by atoms with van der Waals surface area (Å²) in [6, 6.07) is 7.35. The van der Waals surface area contributed by atoms with Gasteiger partial charge in [-0.3, -0.25) is 9.59 Å². The molecule has 0 aliphatic heterocycles. The highest BCUT2D eigenvalue weighted by Gasteiger charge is 2.20. The fourth-order valence-corrected chi connectivity index (χ4v) is 4.00. The van der Waals surface area contributed by atoms with Crippen molar-refractivity contribution in [1.82, 2.24) is 15.6 Å². The third-order valence-electron chi connectivity index (χ3n) is 4.51. The number of carbonyl (C=O) groups is 2. The van der Waals surface area contributed by atoms with Gasteiger partial charge in [-0.05, 0) is 25.0 Å². The number of carbonyl (C=O) groups excluding carboxylic acids is 2. The summed E-state index contributed by atoms with van der Waals surface area (Å²) in [5, 5.41) is 8.89. The van der Waals surface area contributed by atoms with Crippen LogP contribution in [-0.4, -0.2) is 29.9 Å². The molecular weight excluding hydrogens is 370 g/mol. The first-order chi connectivity index (χ1) is 12.6. The lowest BCUT2D eigenvalue weighted by Crippen LogP contribution is -2.38. The van der Waals surface area contributed by atoms with Crippen molar-refractivity contribution in [2.24, 2.45) is 5.92 Å². The molecule has 0 saturated heterocycles. The molecular formula is C19H22ClN3O2S. The Morgan fingerprint density at radius 1 is 1.08 bits per heavy atom. The number of hydrogen-bond acceptors (Lipinski definition) is 4. The zero-order valence-corrected chi connectivity index (χ0v) is 16.0. The van der Waals surface area contributed by atoms with E-state index in [-0.39, 0.29) is 17.7 Å². The summed E-state index contributed by atoms with van der Waals surface area (Å²) in [5.74, 6) is 0.0194. The van der Waals surface area contributed by atoms with Crippen LogP contribution in [0.4, 0.5) is 0 Å². The van der Waals surface area contributed by atoms with Crippen LogP contribution in [0, 0.1) is 5.92 Å². The van der Waals surface area contributed by atoms with Crippen molar-refractivity contribution in [3.05, 3.63) is 40.4 Å². The highest BCUT2D eigenvalue weighted by molar-refractivity contribution is 7.13. The standard InChI is InChI=1S/C19H22ClN3O2S/c20-15-8-6-14(7-9-15)19-23-16(12-26-19)18(25)22-11-10-21-17(24)13-4-2-1-3-5-13/h6-9,12-13H,1-5,10-11H2,(H,21,24)(H,22,25). The number of rotatable bonds is 6. The van der Waals surface area contributed by atoms with Crippen LogP contribution < -0.4 is 10.6 Å². The molecule has 1 aromatic heterocycles. The van der Waals surface area contributed by atoms with Crippen LogP contribution in [0.5, 0.6) is 0 Å². The maximum atomic E-state index is 12.2. The second-order valence-corrected chi connectivity index (χ2v) is 7.72. The first-order valence-corrected chi connectivity index (χ1v) is 10.2. The van der Waals surface area contributed by atoms with Gasteiger partial charge < -0.3 is 10.6 Å². The first-order valence-electron chi connectivity index (χ1n) is 8.91. The van der Waals surface area contributed by atoms with E-state index in [1.54, 1.807) is 17.5 Å². The Morgan fingerprint density at radius 2 is 1.77 bits per heavy atom. The Bertz CT molecular complexity index is 754. The molecule has 1 heterocycles. The van der Waals surface area contributed by atoms with Crippen LogP contribution in [-0.2, 0) is 4.79 Å². The Kier molecular flexibility index (Phi) is 6.63. The van der Waals surface area contributed by atoms with Crippen molar-refractivity contribution in [3.8, 4) is 10.6 Å². The van der Waals surface area contributed by atoms with Crippen LogP contribution >= 0.6 is 22.9 Å². The van der Waals surface area contributed by atoms with Crippen molar-refractivity contribution in [2.75, 3.05) is 13.1 Å². The molecule has 0 spiro atoms. The molecule has 0 atom stereocenters. The van der Waals surface area contributed by atoms with Gasteiger partial charge in [0.25, 0.3) is 5.91 Å². The minimum Gasteiger partial charge on any atom is -0.354 e. The monoisotopic (exact) mass is 391 g/mol. The van der Waals surface area contributed by atoms with E-state index in [9.17, 15) is 9.59 Å². The maximum Gasteiger partial charge on any atom is 0.270 e. The molecule has 2 aromatic rings. The van der Waals surface area contributed by atoms with Crippen LogP contribution in [0.15, 0.2) is 29.6 Å². The summed E-state index contributed by atoms with van der Waals surface area (Å²) in [4.78, 5) is 28.6. The normalized spacial score (nSPS) is 14.8. The lowest BCUT2D eigenvalue weighted by atomic mass is 9.89. The molecule has 2 amide bonds. The molecule has 1 aromatic carbocycles. The molecule has 1 saturated carbocycles. The predicted octanol–water partition coefficient (Wildman–Crippen LogP) is 3.89. The molecule has 3 rings (SSSR count). The van der Waals surface area contributed by atoms with E-state index in [0.29, 0.717) is 23.8 Å². The number of aromatic nitrogens is 1. The van der Waals surface area contributed by atoms with Crippen LogP contribution in [0.2, 0.25) is 5.02 Å². The zero-order chi connectivity index (χ0) is 18.4. The summed E-state index contributed by atoms with van der Waals surface area (Å²) in [6.45, 7) is 0.834. The van der Waals surface area contributed by atoms with Crippen molar-refractivity contribution in [2.45, 2.75) is 32.1 Å². The maximum absolute atomic E-state index is 12.2. The van der Waals surface area contributed by atoms with E-state index >= 15 is 0 Å². The van der Waals surface area contributed by atoms with Crippen LogP contribution in [0.3, 0.4) is 0 Å². The van der Waals surface area contributed by atoms with Gasteiger partial charge >= 0.3 is 0 Å². The Morgan fingerprint density at radius 3 is 2.50 bits per heavy atom. The number of nitrogens with one attached hydrogen (secondary N) is 2. The number of amides is 2. The van der Waals surface area contributed by atoms with E-state index in [1.807, 2.05) is 12.1 Å². The molecule has 0 radical (unpaired) electrons. The van der Waals surface area contributed by atoms with Gasteiger partial charge in [0.05, 0.1) is 0 Å².